The molecular weight excluding hydrogens is 286 g/mol. The van der Waals surface area contributed by atoms with E-state index < -0.39 is 5.60 Å². The highest BCUT2D eigenvalue weighted by Gasteiger charge is 2.20. The molecule has 0 spiro atoms. The van der Waals surface area contributed by atoms with Crippen molar-refractivity contribution in [3.05, 3.63) is 21.6 Å². The van der Waals surface area contributed by atoms with E-state index in [0.717, 1.165) is 6.42 Å². The Bertz CT molecular complexity index is 477. The molecule has 108 valence electrons. The van der Waals surface area contributed by atoms with Crippen molar-refractivity contribution < 1.29 is 5.11 Å². The topological polar surface area (TPSA) is 67.2 Å². The second-order valence-electron chi connectivity index (χ2n) is 4.68. The molecule has 1 rings (SSSR count). The van der Waals surface area contributed by atoms with Crippen LogP contribution < -0.4 is 10.9 Å². The Morgan fingerprint density at radius 2 is 2.32 bits per heavy atom. The fourth-order valence-electron chi connectivity index (χ4n) is 1.61. The largest absolute Gasteiger partial charge is 0.387 e. The van der Waals surface area contributed by atoms with Crippen molar-refractivity contribution in [2.45, 2.75) is 32.4 Å². The van der Waals surface area contributed by atoms with Gasteiger partial charge in [0, 0.05) is 18.8 Å². The Morgan fingerprint density at radius 3 is 2.89 bits per heavy atom. The van der Waals surface area contributed by atoms with E-state index in [1.165, 1.54) is 10.9 Å². The van der Waals surface area contributed by atoms with Crippen LogP contribution in [-0.2, 0) is 6.54 Å². The van der Waals surface area contributed by atoms with Gasteiger partial charge in [0.25, 0.3) is 5.56 Å². The van der Waals surface area contributed by atoms with E-state index in [2.05, 4.69) is 10.4 Å². The van der Waals surface area contributed by atoms with Crippen LogP contribution >= 0.6 is 23.4 Å². The number of nitrogens with zero attached hydrogens (tertiary/aromatic N) is 2. The molecule has 1 heterocycles. The Kier molecular flexibility index (Phi) is 6.16. The third-order valence-electron chi connectivity index (χ3n) is 2.54. The lowest BCUT2D eigenvalue weighted by Crippen LogP contribution is -2.36. The second-order valence-corrected chi connectivity index (χ2v) is 5.93. The zero-order chi connectivity index (χ0) is 14.5. The fraction of sp³-hybridized carbons (Fsp3) is 0.667. The fourth-order valence-corrected chi connectivity index (χ4v) is 2.54. The summed E-state index contributed by atoms with van der Waals surface area (Å²) in [4.78, 5) is 11.9. The van der Waals surface area contributed by atoms with E-state index in [-0.39, 0.29) is 10.6 Å². The number of hydrogen-bond acceptors (Lipinski definition) is 5. The lowest BCUT2D eigenvalue weighted by molar-refractivity contribution is 0.0997. The first-order valence-corrected chi connectivity index (χ1v) is 7.89. The monoisotopic (exact) mass is 305 g/mol. The number of aromatic nitrogens is 2. The zero-order valence-corrected chi connectivity index (χ0v) is 13.0. The molecule has 0 aromatic carbocycles. The normalized spacial score (nSPS) is 14.2. The van der Waals surface area contributed by atoms with E-state index in [1.807, 2.05) is 13.2 Å². The molecule has 1 unspecified atom stereocenters. The predicted molar refractivity (Wildman–Crippen MR) is 81.3 cm³/mol. The number of hydrogen-bond donors (Lipinski definition) is 2. The molecule has 0 saturated carbocycles. The van der Waals surface area contributed by atoms with Crippen molar-refractivity contribution >= 4 is 29.1 Å². The van der Waals surface area contributed by atoms with Gasteiger partial charge in [0.15, 0.2) is 0 Å². The molecule has 1 aromatic heterocycles. The first-order chi connectivity index (χ1) is 8.91. The SMILES string of the molecule is CCCn1ncc(NCC(C)(O)CSC)c(Cl)c1=O. The summed E-state index contributed by atoms with van der Waals surface area (Å²) in [6.45, 7) is 4.55. The molecule has 0 bridgehead atoms. The molecule has 1 aromatic rings. The van der Waals surface area contributed by atoms with Crippen LogP contribution in [0.3, 0.4) is 0 Å². The summed E-state index contributed by atoms with van der Waals surface area (Å²) in [5.41, 5.74) is -0.709. The average molecular weight is 306 g/mol. The van der Waals surface area contributed by atoms with Crippen molar-refractivity contribution in [2.24, 2.45) is 0 Å². The van der Waals surface area contributed by atoms with Crippen molar-refractivity contribution in [1.82, 2.24) is 9.78 Å². The number of aliphatic hydroxyl groups is 1. The van der Waals surface area contributed by atoms with Crippen LogP contribution in [0.4, 0.5) is 5.69 Å². The summed E-state index contributed by atoms with van der Waals surface area (Å²) >= 11 is 7.57. The molecule has 1 atom stereocenters. The van der Waals surface area contributed by atoms with E-state index in [9.17, 15) is 9.90 Å². The molecule has 0 saturated heterocycles. The Morgan fingerprint density at radius 1 is 1.63 bits per heavy atom. The molecule has 0 radical (unpaired) electrons. The number of rotatable bonds is 7. The average Bonchev–Trinajstić information content (AvgIpc) is 2.34. The number of thioether (sulfide) groups is 1. The lowest BCUT2D eigenvalue weighted by atomic mass is 10.1. The highest BCUT2D eigenvalue weighted by Crippen LogP contribution is 2.18. The molecule has 5 nitrogen and oxygen atoms in total. The maximum Gasteiger partial charge on any atom is 0.287 e. The summed E-state index contributed by atoms with van der Waals surface area (Å²) in [5, 5.41) is 17.2. The quantitative estimate of drug-likeness (QED) is 0.804. The van der Waals surface area contributed by atoms with Crippen molar-refractivity contribution in [1.29, 1.82) is 0 Å². The van der Waals surface area contributed by atoms with Gasteiger partial charge in [0.1, 0.15) is 5.02 Å². The van der Waals surface area contributed by atoms with Crippen LogP contribution in [0, 0.1) is 0 Å². The van der Waals surface area contributed by atoms with E-state index in [0.29, 0.717) is 24.5 Å². The highest BCUT2D eigenvalue weighted by atomic mass is 35.5. The van der Waals surface area contributed by atoms with Crippen LogP contribution in [0.1, 0.15) is 20.3 Å². The summed E-state index contributed by atoms with van der Waals surface area (Å²) < 4.78 is 1.34. The molecule has 2 N–H and O–H groups in total. The second kappa shape index (κ2) is 7.17. The van der Waals surface area contributed by atoms with Crippen LogP contribution in [-0.4, -0.2) is 39.0 Å². The lowest BCUT2D eigenvalue weighted by Gasteiger charge is -2.23. The van der Waals surface area contributed by atoms with Crippen LogP contribution in [0.25, 0.3) is 0 Å². The van der Waals surface area contributed by atoms with Gasteiger partial charge in [-0.3, -0.25) is 4.79 Å². The van der Waals surface area contributed by atoms with Crippen LogP contribution in [0.5, 0.6) is 0 Å². The van der Waals surface area contributed by atoms with Gasteiger partial charge in [-0.15, -0.1) is 0 Å². The van der Waals surface area contributed by atoms with Gasteiger partial charge in [-0.2, -0.15) is 16.9 Å². The van der Waals surface area contributed by atoms with E-state index in [4.69, 9.17) is 11.6 Å². The molecule has 0 fully saturated rings. The van der Waals surface area contributed by atoms with Gasteiger partial charge in [-0.1, -0.05) is 18.5 Å². The Balaban J connectivity index is 2.81. The maximum atomic E-state index is 11.9. The van der Waals surface area contributed by atoms with Gasteiger partial charge < -0.3 is 10.4 Å². The Labute approximate surface area is 122 Å². The van der Waals surface area contributed by atoms with Gasteiger partial charge in [-0.25, -0.2) is 4.68 Å². The third kappa shape index (κ3) is 4.71. The van der Waals surface area contributed by atoms with Crippen LogP contribution in [0.15, 0.2) is 11.0 Å². The summed E-state index contributed by atoms with van der Waals surface area (Å²) in [6, 6.07) is 0. The number of halogens is 1. The van der Waals surface area contributed by atoms with Gasteiger partial charge in [0.05, 0.1) is 17.5 Å². The molecule has 19 heavy (non-hydrogen) atoms. The predicted octanol–water partition coefficient (Wildman–Crippen LogP) is 1.83. The van der Waals surface area contributed by atoms with Crippen molar-refractivity contribution in [2.75, 3.05) is 23.9 Å². The summed E-state index contributed by atoms with van der Waals surface area (Å²) in [7, 11) is 0. The molecule has 0 amide bonds. The van der Waals surface area contributed by atoms with Gasteiger partial charge in [0.2, 0.25) is 0 Å². The van der Waals surface area contributed by atoms with Gasteiger partial charge in [-0.05, 0) is 19.6 Å². The number of aryl methyl sites for hydroxylation is 1. The highest BCUT2D eigenvalue weighted by molar-refractivity contribution is 7.98. The minimum atomic E-state index is -0.860. The number of anilines is 1. The first-order valence-electron chi connectivity index (χ1n) is 6.12. The summed E-state index contributed by atoms with van der Waals surface area (Å²) in [6.07, 6.45) is 4.27. The standard InChI is InChI=1S/C12H20ClN3O2S/c1-4-5-16-11(17)10(13)9(6-15-16)14-7-12(2,18)8-19-3/h6,14,18H,4-5,7-8H2,1-3H3. The van der Waals surface area contributed by atoms with Crippen LogP contribution in [0.2, 0.25) is 5.02 Å². The maximum absolute atomic E-state index is 11.9. The smallest absolute Gasteiger partial charge is 0.287 e. The Hall–Kier alpha value is -0.720. The van der Waals surface area contributed by atoms with Crippen molar-refractivity contribution in [3.63, 3.8) is 0 Å². The molecule has 0 aliphatic rings. The summed E-state index contributed by atoms with van der Waals surface area (Å²) in [5.74, 6) is 0.595. The minimum absolute atomic E-state index is 0.114. The number of nitrogens with one attached hydrogen (secondary N) is 1. The first kappa shape index (κ1) is 16.3. The van der Waals surface area contributed by atoms with E-state index >= 15 is 0 Å². The minimum Gasteiger partial charge on any atom is -0.387 e. The molecular formula is C12H20ClN3O2S. The third-order valence-corrected chi connectivity index (χ3v) is 3.81. The van der Waals surface area contributed by atoms with Crippen molar-refractivity contribution in [3.8, 4) is 0 Å². The van der Waals surface area contributed by atoms with E-state index in [1.54, 1.807) is 18.7 Å². The molecule has 0 aliphatic heterocycles. The molecule has 0 aliphatic carbocycles. The zero-order valence-electron chi connectivity index (χ0n) is 11.4. The molecule has 7 heteroatoms. The van der Waals surface area contributed by atoms with Gasteiger partial charge >= 0.3 is 0 Å².